The third-order valence-corrected chi connectivity index (χ3v) is 4.51. The molecule has 3 nitrogen and oxygen atoms in total. The SMILES string of the molecule is CCC(N)C(c1ccncc1)N(C)C1CCCCC1. The summed E-state index contributed by atoms with van der Waals surface area (Å²) in [5.41, 5.74) is 7.70. The Morgan fingerprint density at radius 3 is 2.47 bits per heavy atom. The van der Waals surface area contributed by atoms with Crippen LogP contribution in [0.15, 0.2) is 24.5 Å². The Morgan fingerprint density at radius 1 is 1.26 bits per heavy atom. The Kier molecular flexibility index (Phi) is 5.34. The van der Waals surface area contributed by atoms with Crippen molar-refractivity contribution in [3.63, 3.8) is 0 Å². The van der Waals surface area contributed by atoms with Crippen molar-refractivity contribution in [3.05, 3.63) is 30.1 Å². The van der Waals surface area contributed by atoms with Crippen LogP contribution < -0.4 is 5.73 Å². The number of hydrogen-bond donors (Lipinski definition) is 1. The number of nitrogens with two attached hydrogens (primary N) is 1. The van der Waals surface area contributed by atoms with Crippen molar-refractivity contribution in [2.75, 3.05) is 7.05 Å². The fourth-order valence-electron chi connectivity index (χ4n) is 3.28. The van der Waals surface area contributed by atoms with Crippen molar-refractivity contribution < 1.29 is 0 Å². The van der Waals surface area contributed by atoms with Gasteiger partial charge in [-0.2, -0.15) is 0 Å². The number of pyridine rings is 1. The lowest BCUT2D eigenvalue weighted by molar-refractivity contribution is 0.118. The van der Waals surface area contributed by atoms with E-state index < -0.39 is 0 Å². The summed E-state index contributed by atoms with van der Waals surface area (Å²) < 4.78 is 0. The van der Waals surface area contributed by atoms with Crippen LogP contribution in [0.1, 0.15) is 57.1 Å². The van der Waals surface area contributed by atoms with E-state index in [4.69, 9.17) is 5.73 Å². The van der Waals surface area contributed by atoms with Crippen LogP contribution in [-0.2, 0) is 0 Å². The fraction of sp³-hybridized carbons (Fsp3) is 0.688. The molecule has 1 saturated carbocycles. The zero-order valence-electron chi connectivity index (χ0n) is 12.3. The van der Waals surface area contributed by atoms with Crippen molar-refractivity contribution in [3.8, 4) is 0 Å². The predicted octanol–water partition coefficient (Wildman–Crippen LogP) is 3.12. The van der Waals surface area contributed by atoms with Crippen molar-refractivity contribution in [1.29, 1.82) is 0 Å². The molecule has 3 heteroatoms. The molecule has 19 heavy (non-hydrogen) atoms. The molecule has 1 aromatic heterocycles. The van der Waals surface area contributed by atoms with Gasteiger partial charge in [-0.15, -0.1) is 0 Å². The van der Waals surface area contributed by atoms with Crippen LogP contribution in [0.5, 0.6) is 0 Å². The van der Waals surface area contributed by atoms with Crippen LogP contribution in [0, 0.1) is 0 Å². The highest BCUT2D eigenvalue weighted by atomic mass is 15.2. The Balaban J connectivity index is 2.17. The maximum absolute atomic E-state index is 6.39. The quantitative estimate of drug-likeness (QED) is 0.885. The van der Waals surface area contributed by atoms with E-state index in [0.717, 1.165) is 6.42 Å². The van der Waals surface area contributed by atoms with Crippen LogP contribution in [0.4, 0.5) is 0 Å². The third-order valence-electron chi connectivity index (χ3n) is 4.51. The third kappa shape index (κ3) is 3.54. The van der Waals surface area contributed by atoms with Gasteiger partial charge in [-0.05, 0) is 44.0 Å². The minimum atomic E-state index is 0.189. The summed E-state index contributed by atoms with van der Waals surface area (Å²) in [5, 5.41) is 0. The summed E-state index contributed by atoms with van der Waals surface area (Å²) >= 11 is 0. The second-order valence-electron chi connectivity index (χ2n) is 5.75. The van der Waals surface area contributed by atoms with Gasteiger partial charge in [-0.1, -0.05) is 26.2 Å². The zero-order valence-corrected chi connectivity index (χ0v) is 12.3. The van der Waals surface area contributed by atoms with Gasteiger partial charge in [0.1, 0.15) is 0 Å². The van der Waals surface area contributed by atoms with Gasteiger partial charge in [0.25, 0.3) is 0 Å². The monoisotopic (exact) mass is 261 g/mol. The van der Waals surface area contributed by atoms with Gasteiger partial charge in [-0.25, -0.2) is 0 Å². The highest BCUT2D eigenvalue weighted by molar-refractivity contribution is 5.17. The first kappa shape index (κ1) is 14.5. The number of aromatic nitrogens is 1. The molecule has 1 heterocycles. The molecule has 0 saturated heterocycles. The van der Waals surface area contributed by atoms with Crippen LogP contribution in [0.2, 0.25) is 0 Å². The average Bonchev–Trinajstić information content (AvgIpc) is 2.49. The van der Waals surface area contributed by atoms with E-state index >= 15 is 0 Å². The molecule has 2 N–H and O–H groups in total. The molecule has 1 aliphatic rings. The maximum Gasteiger partial charge on any atom is 0.0500 e. The highest BCUT2D eigenvalue weighted by Gasteiger charge is 2.29. The van der Waals surface area contributed by atoms with Gasteiger partial charge in [0.15, 0.2) is 0 Å². The summed E-state index contributed by atoms with van der Waals surface area (Å²) in [6, 6.07) is 5.41. The van der Waals surface area contributed by atoms with E-state index in [1.54, 1.807) is 0 Å². The molecule has 106 valence electrons. The first-order valence-corrected chi connectivity index (χ1v) is 7.61. The van der Waals surface area contributed by atoms with E-state index in [-0.39, 0.29) is 6.04 Å². The van der Waals surface area contributed by atoms with Crippen LogP contribution in [-0.4, -0.2) is 29.0 Å². The van der Waals surface area contributed by atoms with E-state index in [0.29, 0.717) is 12.1 Å². The summed E-state index contributed by atoms with van der Waals surface area (Å²) in [6.45, 7) is 2.17. The molecular formula is C16H27N3. The second kappa shape index (κ2) is 7.01. The molecular weight excluding hydrogens is 234 g/mol. The summed E-state index contributed by atoms with van der Waals surface area (Å²) in [5.74, 6) is 0. The Labute approximate surface area is 117 Å². The molecule has 1 fully saturated rings. The normalized spacial score (nSPS) is 20.4. The van der Waals surface area contributed by atoms with Crippen LogP contribution in [0.3, 0.4) is 0 Å². The summed E-state index contributed by atoms with van der Waals surface area (Å²) in [6.07, 6.45) is 11.5. The molecule has 0 amide bonds. The number of rotatable bonds is 5. The Hall–Kier alpha value is -0.930. The van der Waals surface area contributed by atoms with Crippen molar-refractivity contribution in [2.45, 2.75) is 63.6 Å². The van der Waals surface area contributed by atoms with Crippen molar-refractivity contribution in [2.24, 2.45) is 5.73 Å². The first-order valence-electron chi connectivity index (χ1n) is 7.61. The largest absolute Gasteiger partial charge is 0.326 e. The smallest absolute Gasteiger partial charge is 0.0500 e. The van der Waals surface area contributed by atoms with Gasteiger partial charge in [-0.3, -0.25) is 9.88 Å². The molecule has 0 radical (unpaired) electrons. The molecule has 0 aliphatic heterocycles. The molecule has 2 atom stereocenters. The van der Waals surface area contributed by atoms with Crippen LogP contribution in [0.25, 0.3) is 0 Å². The lowest BCUT2D eigenvalue weighted by atomic mass is 9.90. The molecule has 2 rings (SSSR count). The van der Waals surface area contributed by atoms with E-state index in [1.807, 2.05) is 12.4 Å². The van der Waals surface area contributed by atoms with E-state index in [1.165, 1.54) is 37.7 Å². The van der Waals surface area contributed by atoms with Gasteiger partial charge in [0, 0.05) is 30.5 Å². The number of likely N-dealkylation sites (N-methyl/N-ethyl adjacent to an activating group) is 1. The zero-order chi connectivity index (χ0) is 13.7. The van der Waals surface area contributed by atoms with Crippen molar-refractivity contribution >= 4 is 0 Å². The minimum absolute atomic E-state index is 0.189. The molecule has 0 aromatic carbocycles. The van der Waals surface area contributed by atoms with Crippen LogP contribution >= 0.6 is 0 Å². The molecule has 0 spiro atoms. The van der Waals surface area contributed by atoms with E-state index in [2.05, 4.69) is 36.0 Å². The standard InChI is InChI=1S/C16H27N3/c1-3-15(17)16(13-9-11-18-12-10-13)19(2)14-7-5-4-6-8-14/h9-12,14-16H,3-8,17H2,1-2H3. The second-order valence-corrected chi connectivity index (χ2v) is 5.75. The summed E-state index contributed by atoms with van der Waals surface area (Å²) in [7, 11) is 2.25. The first-order chi connectivity index (χ1) is 9.24. The van der Waals surface area contributed by atoms with Gasteiger partial charge in [0.05, 0.1) is 0 Å². The molecule has 0 bridgehead atoms. The molecule has 1 aliphatic carbocycles. The Morgan fingerprint density at radius 2 is 1.89 bits per heavy atom. The van der Waals surface area contributed by atoms with Gasteiger partial charge < -0.3 is 5.73 Å². The topological polar surface area (TPSA) is 42.1 Å². The molecule has 1 aromatic rings. The predicted molar refractivity (Wildman–Crippen MR) is 79.9 cm³/mol. The highest BCUT2D eigenvalue weighted by Crippen LogP contribution is 2.31. The van der Waals surface area contributed by atoms with Gasteiger partial charge in [0.2, 0.25) is 0 Å². The number of nitrogens with zero attached hydrogens (tertiary/aromatic N) is 2. The van der Waals surface area contributed by atoms with Crippen molar-refractivity contribution in [1.82, 2.24) is 9.88 Å². The average molecular weight is 261 g/mol. The van der Waals surface area contributed by atoms with E-state index in [9.17, 15) is 0 Å². The molecule has 2 unspecified atom stereocenters. The lowest BCUT2D eigenvalue weighted by Crippen LogP contribution is -2.44. The maximum atomic E-state index is 6.39. The summed E-state index contributed by atoms with van der Waals surface area (Å²) in [4.78, 5) is 6.64. The fourth-order valence-corrected chi connectivity index (χ4v) is 3.28. The lowest BCUT2D eigenvalue weighted by Gasteiger charge is -2.40. The Bertz CT molecular complexity index is 360. The number of hydrogen-bond acceptors (Lipinski definition) is 3. The van der Waals surface area contributed by atoms with Gasteiger partial charge >= 0.3 is 0 Å². The minimum Gasteiger partial charge on any atom is -0.326 e.